The zero-order valence-electron chi connectivity index (χ0n) is 14.2. The number of aryl methyl sites for hydroxylation is 2. The summed E-state index contributed by atoms with van der Waals surface area (Å²) >= 11 is 0. The Morgan fingerprint density at radius 1 is 0.739 bits per heavy atom. The molecule has 7 nitrogen and oxygen atoms in total. The average Bonchev–Trinajstić information content (AvgIpc) is 3.14. The smallest absolute Gasteiger partial charge is 0.0925 e. The highest BCUT2D eigenvalue weighted by atomic mass is 15.0. The van der Waals surface area contributed by atoms with Crippen molar-refractivity contribution < 1.29 is 0 Å². The highest BCUT2D eigenvalue weighted by Gasteiger charge is 2.00. The molecule has 0 fully saturated rings. The largest absolute Gasteiger partial charge is 0.348 e. The Morgan fingerprint density at radius 3 is 1.74 bits per heavy atom. The van der Waals surface area contributed by atoms with Crippen LogP contribution in [0.2, 0.25) is 0 Å². The summed E-state index contributed by atoms with van der Waals surface area (Å²) in [6.07, 6.45) is 5.85. The first-order valence-electron chi connectivity index (χ1n) is 8.37. The Balaban J connectivity index is 1.36. The fraction of sp³-hybridized carbons (Fsp3) is 0.625. The van der Waals surface area contributed by atoms with Crippen molar-refractivity contribution in [3.8, 4) is 0 Å². The van der Waals surface area contributed by atoms with E-state index in [9.17, 15) is 0 Å². The Kier molecular flexibility index (Phi) is 7.79. The molecular formula is C16H29N7. The summed E-state index contributed by atoms with van der Waals surface area (Å²) in [7, 11) is 0. The van der Waals surface area contributed by atoms with Crippen LogP contribution in [0.5, 0.6) is 0 Å². The summed E-state index contributed by atoms with van der Waals surface area (Å²) < 4.78 is 0. The van der Waals surface area contributed by atoms with Crippen LogP contribution in [0.25, 0.3) is 0 Å². The van der Waals surface area contributed by atoms with Crippen LogP contribution in [-0.4, -0.2) is 46.1 Å². The van der Waals surface area contributed by atoms with Gasteiger partial charge in [0.25, 0.3) is 0 Å². The third-order valence-corrected chi connectivity index (χ3v) is 3.89. The van der Waals surface area contributed by atoms with Crippen LogP contribution < -0.4 is 16.0 Å². The van der Waals surface area contributed by atoms with Gasteiger partial charge < -0.3 is 25.9 Å². The minimum Gasteiger partial charge on any atom is -0.348 e. The molecule has 0 aromatic carbocycles. The van der Waals surface area contributed by atoms with Crippen LogP contribution in [0.3, 0.4) is 0 Å². The van der Waals surface area contributed by atoms with Crippen LogP contribution in [0.15, 0.2) is 12.7 Å². The Hall–Kier alpha value is -1.70. The Morgan fingerprint density at radius 2 is 1.22 bits per heavy atom. The highest BCUT2D eigenvalue weighted by molar-refractivity contribution is 5.08. The maximum Gasteiger partial charge on any atom is 0.0925 e. The zero-order valence-corrected chi connectivity index (χ0v) is 14.2. The molecule has 0 aliphatic heterocycles. The van der Waals surface area contributed by atoms with Crippen molar-refractivity contribution in [1.82, 2.24) is 35.9 Å². The van der Waals surface area contributed by atoms with Crippen LogP contribution in [0, 0.1) is 13.8 Å². The Labute approximate surface area is 138 Å². The third-order valence-electron chi connectivity index (χ3n) is 3.89. The second-order valence-corrected chi connectivity index (χ2v) is 5.76. The maximum absolute atomic E-state index is 4.27. The van der Waals surface area contributed by atoms with Crippen molar-refractivity contribution in [2.75, 3.05) is 26.2 Å². The summed E-state index contributed by atoms with van der Waals surface area (Å²) in [5.74, 6) is 0. The fourth-order valence-electron chi connectivity index (χ4n) is 2.35. The van der Waals surface area contributed by atoms with Gasteiger partial charge in [-0.3, -0.25) is 0 Å². The summed E-state index contributed by atoms with van der Waals surface area (Å²) in [6.45, 7) is 9.81. The van der Waals surface area contributed by atoms with Gasteiger partial charge in [-0.25, -0.2) is 9.97 Å². The monoisotopic (exact) mass is 319 g/mol. The topological polar surface area (TPSA) is 93.4 Å². The normalized spacial score (nSPS) is 11.2. The van der Waals surface area contributed by atoms with E-state index in [1.807, 2.05) is 6.92 Å². The summed E-state index contributed by atoms with van der Waals surface area (Å²) in [5, 5.41) is 10.3. The number of hydrogen-bond acceptors (Lipinski definition) is 5. The van der Waals surface area contributed by atoms with Gasteiger partial charge in [0.05, 0.1) is 24.0 Å². The van der Waals surface area contributed by atoms with Gasteiger partial charge in [0.15, 0.2) is 0 Å². The van der Waals surface area contributed by atoms with E-state index < -0.39 is 0 Å². The molecule has 0 spiro atoms. The maximum atomic E-state index is 4.27. The summed E-state index contributed by atoms with van der Waals surface area (Å²) in [6, 6.07) is 0. The number of rotatable bonds is 12. The molecule has 0 saturated heterocycles. The number of nitrogens with one attached hydrogen (secondary N) is 5. The van der Waals surface area contributed by atoms with Gasteiger partial charge in [0.2, 0.25) is 0 Å². The fourth-order valence-corrected chi connectivity index (χ4v) is 2.35. The second kappa shape index (κ2) is 10.1. The number of hydrogen-bond donors (Lipinski definition) is 5. The molecule has 5 N–H and O–H groups in total. The molecule has 0 unspecified atom stereocenters. The van der Waals surface area contributed by atoms with Gasteiger partial charge in [-0.2, -0.15) is 0 Å². The Bertz CT molecular complexity index is 498. The zero-order chi connectivity index (χ0) is 16.3. The predicted octanol–water partition coefficient (Wildman–Crippen LogP) is 0.999. The highest BCUT2D eigenvalue weighted by Crippen LogP contribution is 1.99. The molecule has 0 saturated carbocycles. The molecule has 0 atom stereocenters. The average molecular weight is 319 g/mol. The molecule has 0 aliphatic rings. The number of H-pyrrole nitrogens is 2. The van der Waals surface area contributed by atoms with E-state index in [0.29, 0.717) is 0 Å². The minimum absolute atomic E-state index is 0.827. The number of aromatic amines is 2. The van der Waals surface area contributed by atoms with Gasteiger partial charge in [-0.05, 0) is 39.8 Å². The van der Waals surface area contributed by atoms with Crippen LogP contribution >= 0.6 is 0 Å². The lowest BCUT2D eigenvalue weighted by atomic mass is 10.3. The number of unbranched alkanes of at least 4 members (excludes halogenated alkanes) is 1. The molecule has 0 amide bonds. The molecule has 2 aromatic rings. The minimum atomic E-state index is 0.827. The van der Waals surface area contributed by atoms with E-state index in [2.05, 4.69) is 42.8 Å². The van der Waals surface area contributed by atoms with Crippen molar-refractivity contribution >= 4 is 0 Å². The molecule has 0 aliphatic carbocycles. The summed E-state index contributed by atoms with van der Waals surface area (Å²) in [5.41, 5.74) is 4.50. The van der Waals surface area contributed by atoms with Crippen LogP contribution in [0.1, 0.15) is 35.6 Å². The SMILES string of the molecule is Cc1[nH]cnc1CNCCCCNCCNCc1nc[nH]c1C. The molecule has 23 heavy (non-hydrogen) atoms. The lowest BCUT2D eigenvalue weighted by Gasteiger charge is -2.07. The first-order valence-corrected chi connectivity index (χ1v) is 8.37. The van der Waals surface area contributed by atoms with Gasteiger partial charge >= 0.3 is 0 Å². The lowest BCUT2D eigenvalue weighted by molar-refractivity contribution is 0.561. The van der Waals surface area contributed by atoms with Crippen molar-refractivity contribution in [2.45, 2.75) is 39.8 Å². The lowest BCUT2D eigenvalue weighted by Crippen LogP contribution is -2.28. The van der Waals surface area contributed by atoms with E-state index in [-0.39, 0.29) is 0 Å². The van der Waals surface area contributed by atoms with E-state index in [1.54, 1.807) is 12.7 Å². The first kappa shape index (κ1) is 17.7. The quantitative estimate of drug-likeness (QED) is 0.376. The number of imidazole rings is 2. The molecule has 0 bridgehead atoms. The molecule has 7 heteroatoms. The van der Waals surface area contributed by atoms with Gasteiger partial charge in [0, 0.05) is 37.6 Å². The standard InChI is InChI=1S/C16H29N7/c1-13-15(22-11-20-13)9-18-6-4-3-5-17-7-8-19-10-16-14(2)21-12-23-16/h11-12,17-19H,3-10H2,1-2H3,(H,20,22)(H,21,23). The van der Waals surface area contributed by atoms with E-state index >= 15 is 0 Å². The van der Waals surface area contributed by atoms with Gasteiger partial charge in [-0.15, -0.1) is 0 Å². The molecule has 2 aromatic heterocycles. The molecule has 2 rings (SSSR count). The van der Waals surface area contributed by atoms with Crippen molar-refractivity contribution in [3.05, 3.63) is 35.4 Å². The number of nitrogens with zero attached hydrogens (tertiary/aromatic N) is 2. The number of aromatic nitrogens is 4. The molecule has 0 radical (unpaired) electrons. The first-order chi connectivity index (χ1) is 11.3. The molecular weight excluding hydrogens is 290 g/mol. The van der Waals surface area contributed by atoms with Crippen molar-refractivity contribution in [2.24, 2.45) is 0 Å². The van der Waals surface area contributed by atoms with E-state index in [1.165, 1.54) is 12.8 Å². The predicted molar refractivity (Wildman–Crippen MR) is 92.2 cm³/mol. The van der Waals surface area contributed by atoms with Gasteiger partial charge in [0.1, 0.15) is 0 Å². The second-order valence-electron chi connectivity index (χ2n) is 5.76. The third kappa shape index (κ3) is 6.52. The molecule has 2 heterocycles. The van der Waals surface area contributed by atoms with E-state index in [0.717, 1.165) is 62.0 Å². The van der Waals surface area contributed by atoms with E-state index in [4.69, 9.17) is 0 Å². The van der Waals surface area contributed by atoms with Crippen molar-refractivity contribution in [1.29, 1.82) is 0 Å². The van der Waals surface area contributed by atoms with Crippen molar-refractivity contribution in [3.63, 3.8) is 0 Å². The van der Waals surface area contributed by atoms with Crippen LogP contribution in [0.4, 0.5) is 0 Å². The molecule has 128 valence electrons. The summed E-state index contributed by atoms with van der Waals surface area (Å²) in [4.78, 5) is 14.7. The van der Waals surface area contributed by atoms with Crippen LogP contribution in [-0.2, 0) is 13.1 Å². The van der Waals surface area contributed by atoms with Gasteiger partial charge in [-0.1, -0.05) is 0 Å².